The minimum Gasteiger partial charge on any atom is -0.354 e. The summed E-state index contributed by atoms with van der Waals surface area (Å²) in [4.78, 5) is 28.9. The molecule has 0 aliphatic rings. The first kappa shape index (κ1) is 35.5. The molecule has 0 aromatic heterocycles. The van der Waals surface area contributed by atoms with Gasteiger partial charge in [0, 0.05) is 29.6 Å². The standard InChI is InChI=1S/C30H31Cl3F3N3O4S/c1-3-4-14-37-29(41)27(15-20-8-6-5-7-9-20)38(18-21-10-12-23(31)17-25(21)33)28(40)19-39(44(2,42)43)26-16-22(30(34,35)36)11-13-24(26)32/h5-13,16-17,27H,3-4,14-15,18-19H2,1-2H3,(H,37,41)/t27-/m0/s1. The fourth-order valence-electron chi connectivity index (χ4n) is 4.37. The molecule has 14 heteroatoms. The van der Waals surface area contributed by atoms with Gasteiger partial charge in [0.2, 0.25) is 21.8 Å². The van der Waals surface area contributed by atoms with E-state index in [2.05, 4.69) is 5.32 Å². The lowest BCUT2D eigenvalue weighted by Crippen LogP contribution is -2.53. The minimum absolute atomic E-state index is 0.0545. The smallest absolute Gasteiger partial charge is 0.354 e. The van der Waals surface area contributed by atoms with Crippen molar-refractivity contribution in [2.75, 3.05) is 23.7 Å². The fourth-order valence-corrected chi connectivity index (χ4v) is 5.96. The molecule has 0 spiro atoms. The van der Waals surface area contributed by atoms with Gasteiger partial charge in [-0.25, -0.2) is 8.42 Å². The number of halogens is 6. The normalized spacial score (nSPS) is 12.5. The zero-order chi connectivity index (χ0) is 32.7. The van der Waals surface area contributed by atoms with Gasteiger partial charge in [-0.2, -0.15) is 13.2 Å². The van der Waals surface area contributed by atoms with Gasteiger partial charge in [-0.3, -0.25) is 13.9 Å². The molecule has 0 heterocycles. The van der Waals surface area contributed by atoms with Gasteiger partial charge in [-0.15, -0.1) is 0 Å². The van der Waals surface area contributed by atoms with E-state index in [1.807, 2.05) is 6.92 Å². The topological polar surface area (TPSA) is 86.8 Å². The van der Waals surface area contributed by atoms with E-state index in [-0.39, 0.29) is 23.0 Å². The van der Waals surface area contributed by atoms with E-state index in [0.29, 0.717) is 45.6 Å². The van der Waals surface area contributed by atoms with Crippen LogP contribution in [0.3, 0.4) is 0 Å². The van der Waals surface area contributed by atoms with Crippen molar-refractivity contribution in [1.82, 2.24) is 10.2 Å². The molecule has 0 bridgehead atoms. The third-order valence-electron chi connectivity index (χ3n) is 6.68. The van der Waals surface area contributed by atoms with Crippen LogP contribution in [0.4, 0.5) is 18.9 Å². The maximum Gasteiger partial charge on any atom is 0.416 e. The van der Waals surface area contributed by atoms with Gasteiger partial charge in [-0.1, -0.05) is 84.5 Å². The monoisotopic (exact) mass is 691 g/mol. The summed E-state index contributed by atoms with van der Waals surface area (Å²) in [6.45, 7) is 1.10. The maximum absolute atomic E-state index is 14.1. The summed E-state index contributed by atoms with van der Waals surface area (Å²) < 4.78 is 66.9. The Morgan fingerprint density at radius 3 is 2.23 bits per heavy atom. The first-order valence-corrected chi connectivity index (χ1v) is 16.5. The number of nitrogens with one attached hydrogen (secondary N) is 1. The quantitative estimate of drug-likeness (QED) is 0.196. The van der Waals surface area contributed by atoms with Gasteiger partial charge in [0.15, 0.2) is 0 Å². The summed E-state index contributed by atoms with van der Waals surface area (Å²) in [7, 11) is -4.35. The van der Waals surface area contributed by atoms with E-state index in [1.165, 1.54) is 11.0 Å². The molecule has 3 rings (SSSR count). The predicted octanol–water partition coefficient (Wildman–Crippen LogP) is 6.99. The largest absolute Gasteiger partial charge is 0.416 e. The summed E-state index contributed by atoms with van der Waals surface area (Å²) >= 11 is 18.7. The lowest BCUT2D eigenvalue weighted by atomic mass is 10.0. The van der Waals surface area contributed by atoms with Crippen LogP contribution in [-0.4, -0.2) is 50.5 Å². The van der Waals surface area contributed by atoms with Crippen molar-refractivity contribution < 1.29 is 31.2 Å². The molecule has 0 aliphatic heterocycles. The van der Waals surface area contributed by atoms with Gasteiger partial charge in [-0.05, 0) is 47.9 Å². The van der Waals surface area contributed by atoms with Crippen molar-refractivity contribution >= 4 is 62.3 Å². The highest BCUT2D eigenvalue weighted by atomic mass is 35.5. The van der Waals surface area contributed by atoms with Crippen LogP contribution >= 0.6 is 34.8 Å². The molecule has 0 saturated carbocycles. The van der Waals surface area contributed by atoms with E-state index in [1.54, 1.807) is 42.5 Å². The second kappa shape index (κ2) is 15.3. The van der Waals surface area contributed by atoms with E-state index in [9.17, 15) is 31.2 Å². The highest BCUT2D eigenvalue weighted by Crippen LogP contribution is 2.36. The Hall–Kier alpha value is -2.99. The number of alkyl halides is 3. The van der Waals surface area contributed by atoms with Crippen molar-refractivity contribution in [3.05, 3.63) is 98.5 Å². The molecule has 0 unspecified atom stereocenters. The van der Waals surface area contributed by atoms with Crippen LogP contribution in [0.1, 0.15) is 36.5 Å². The minimum atomic E-state index is -4.80. The summed E-state index contributed by atoms with van der Waals surface area (Å²) in [5.41, 5.74) is -0.565. The third-order valence-corrected chi connectivity index (χ3v) is 8.71. The highest BCUT2D eigenvalue weighted by molar-refractivity contribution is 7.92. The molecule has 3 aromatic carbocycles. The average molecular weight is 693 g/mol. The number of sulfonamides is 1. The Morgan fingerprint density at radius 2 is 1.64 bits per heavy atom. The van der Waals surface area contributed by atoms with Crippen molar-refractivity contribution in [2.24, 2.45) is 0 Å². The average Bonchev–Trinajstić information content (AvgIpc) is 2.94. The number of nitrogens with zero attached hydrogens (tertiary/aromatic N) is 2. The van der Waals surface area contributed by atoms with Gasteiger partial charge in [0.05, 0.1) is 22.5 Å². The fraction of sp³-hybridized carbons (Fsp3) is 0.333. The van der Waals surface area contributed by atoms with Crippen molar-refractivity contribution in [2.45, 2.75) is 44.9 Å². The van der Waals surface area contributed by atoms with Crippen LogP contribution in [0.2, 0.25) is 15.1 Å². The van der Waals surface area contributed by atoms with Crippen molar-refractivity contribution in [3.63, 3.8) is 0 Å². The number of benzene rings is 3. The summed E-state index contributed by atoms with van der Waals surface area (Å²) in [5, 5.41) is 3.04. The molecule has 44 heavy (non-hydrogen) atoms. The molecule has 7 nitrogen and oxygen atoms in total. The maximum atomic E-state index is 14.1. The number of hydrogen-bond acceptors (Lipinski definition) is 4. The molecular formula is C30H31Cl3F3N3O4S. The Kier molecular flexibility index (Phi) is 12.4. The molecule has 0 saturated heterocycles. The van der Waals surface area contributed by atoms with Gasteiger partial charge in [0.25, 0.3) is 0 Å². The molecule has 0 fully saturated rings. The van der Waals surface area contributed by atoms with Crippen LogP contribution < -0.4 is 9.62 Å². The summed E-state index contributed by atoms with van der Waals surface area (Å²) in [6.07, 6.45) is -2.53. The second-order valence-corrected chi connectivity index (χ2v) is 13.2. The number of amides is 2. The number of rotatable bonds is 13. The van der Waals surface area contributed by atoms with Crippen LogP contribution in [0.5, 0.6) is 0 Å². The van der Waals surface area contributed by atoms with Crippen LogP contribution in [0, 0.1) is 0 Å². The number of carbonyl (C=O) groups is 2. The highest BCUT2D eigenvalue weighted by Gasteiger charge is 2.36. The van der Waals surface area contributed by atoms with E-state index < -0.39 is 51.9 Å². The second-order valence-electron chi connectivity index (χ2n) is 10.0. The van der Waals surface area contributed by atoms with Crippen LogP contribution in [0.15, 0.2) is 66.7 Å². The molecule has 0 aliphatic carbocycles. The number of hydrogen-bond donors (Lipinski definition) is 1. The van der Waals surface area contributed by atoms with Gasteiger partial charge in [0.1, 0.15) is 12.6 Å². The lowest BCUT2D eigenvalue weighted by molar-refractivity contribution is -0.140. The third kappa shape index (κ3) is 9.76. The zero-order valence-electron chi connectivity index (χ0n) is 23.9. The zero-order valence-corrected chi connectivity index (χ0v) is 27.0. The molecule has 2 amide bonds. The van der Waals surface area contributed by atoms with E-state index in [4.69, 9.17) is 34.8 Å². The van der Waals surface area contributed by atoms with Crippen LogP contribution in [0.25, 0.3) is 0 Å². The molecular weight excluding hydrogens is 662 g/mol. The van der Waals surface area contributed by atoms with Crippen molar-refractivity contribution in [1.29, 1.82) is 0 Å². The predicted molar refractivity (Wildman–Crippen MR) is 168 cm³/mol. The first-order chi connectivity index (χ1) is 20.6. The Morgan fingerprint density at radius 1 is 0.955 bits per heavy atom. The summed E-state index contributed by atoms with van der Waals surface area (Å²) in [5.74, 6) is -1.37. The van der Waals surface area contributed by atoms with Gasteiger partial charge >= 0.3 is 6.18 Å². The number of carbonyl (C=O) groups excluding carboxylic acids is 2. The van der Waals surface area contributed by atoms with E-state index >= 15 is 0 Å². The van der Waals surface area contributed by atoms with E-state index in [0.717, 1.165) is 18.7 Å². The van der Waals surface area contributed by atoms with Gasteiger partial charge < -0.3 is 10.2 Å². The molecule has 238 valence electrons. The Balaban J connectivity index is 2.12. The SMILES string of the molecule is CCCCNC(=O)[C@H](Cc1ccccc1)N(Cc1ccc(Cl)cc1Cl)C(=O)CN(c1cc(C(F)(F)F)ccc1Cl)S(C)(=O)=O. The molecule has 1 atom stereocenters. The molecule has 0 radical (unpaired) electrons. The molecule has 3 aromatic rings. The number of anilines is 1. The number of unbranched alkanes of at least 4 members (excludes halogenated alkanes) is 1. The van der Waals surface area contributed by atoms with Crippen LogP contribution in [-0.2, 0) is 38.8 Å². The Labute approximate surface area is 269 Å². The van der Waals surface area contributed by atoms with Crippen molar-refractivity contribution in [3.8, 4) is 0 Å². The Bertz CT molecular complexity index is 1570. The molecule has 1 N–H and O–H groups in total. The lowest BCUT2D eigenvalue weighted by Gasteiger charge is -2.34. The summed E-state index contributed by atoms with van der Waals surface area (Å²) in [6, 6.07) is 14.5. The first-order valence-electron chi connectivity index (χ1n) is 13.5.